The Hall–Kier alpha value is -2.63. The van der Waals surface area contributed by atoms with Crippen molar-refractivity contribution in [2.45, 2.75) is 129 Å². The molecule has 4 saturated carbocycles. The highest BCUT2D eigenvalue weighted by atomic mass is 32.2. The van der Waals surface area contributed by atoms with Gasteiger partial charge in [0.15, 0.2) is 0 Å². The molecule has 4 aliphatic rings. The van der Waals surface area contributed by atoms with Crippen molar-refractivity contribution in [1.82, 2.24) is 0 Å². The summed E-state index contributed by atoms with van der Waals surface area (Å²) in [6.07, 6.45) is -11.7. The zero-order valence-electron chi connectivity index (χ0n) is 29.1. The Kier molecular flexibility index (Phi) is 11.5. The Balaban J connectivity index is 1.61. The van der Waals surface area contributed by atoms with Crippen LogP contribution in [0.4, 0.5) is 26.3 Å². The van der Waals surface area contributed by atoms with Crippen molar-refractivity contribution in [3.05, 3.63) is 0 Å². The fourth-order valence-corrected chi connectivity index (χ4v) is 11.4. The molecule has 1 N–H and O–H groups in total. The molecule has 0 bridgehead atoms. The van der Waals surface area contributed by atoms with E-state index in [2.05, 4.69) is 11.7 Å². The van der Waals surface area contributed by atoms with E-state index in [0.717, 1.165) is 0 Å². The molecule has 4 rings (SSSR count). The molecule has 0 aromatic carbocycles. The maximum absolute atomic E-state index is 13.7. The molecular formula is C33H46F6O11S. The molecule has 0 aromatic rings. The van der Waals surface area contributed by atoms with Crippen LogP contribution >= 0.6 is 0 Å². The van der Waals surface area contributed by atoms with Crippen molar-refractivity contribution in [3.8, 4) is 0 Å². The second-order valence-electron chi connectivity index (χ2n) is 15.4. The zero-order chi connectivity index (χ0) is 38.5. The monoisotopic (exact) mass is 764 g/mol. The maximum Gasteiger partial charge on any atom is 0.438 e. The number of esters is 3. The third-order valence-corrected chi connectivity index (χ3v) is 13.5. The molecule has 0 heterocycles. The fraction of sp³-hybridized carbons (Fsp3) is 0.879. The van der Waals surface area contributed by atoms with Crippen molar-refractivity contribution in [2.24, 2.45) is 46.3 Å². The molecule has 0 aliphatic heterocycles. The summed E-state index contributed by atoms with van der Waals surface area (Å²) in [5.41, 5.74) is -6.58. The van der Waals surface area contributed by atoms with Crippen molar-refractivity contribution in [3.63, 3.8) is 0 Å². The molecular weight excluding hydrogens is 718 g/mol. The highest BCUT2D eigenvalue weighted by molar-refractivity contribution is 7.85. The van der Waals surface area contributed by atoms with Crippen LogP contribution in [-0.4, -0.2) is 79.4 Å². The molecule has 11 atom stereocenters. The minimum absolute atomic E-state index is 0.0209. The van der Waals surface area contributed by atoms with Crippen molar-refractivity contribution < 1.29 is 77.4 Å². The molecule has 4 fully saturated rings. The van der Waals surface area contributed by atoms with Gasteiger partial charge in [0.1, 0.15) is 24.1 Å². The topological polar surface area (TPSA) is 160 Å². The normalized spacial score (nSPS) is 36.1. The van der Waals surface area contributed by atoms with E-state index in [1.165, 1.54) is 13.8 Å². The second kappa shape index (κ2) is 14.3. The van der Waals surface area contributed by atoms with Crippen LogP contribution in [0.2, 0.25) is 0 Å². The lowest BCUT2D eigenvalue weighted by Crippen LogP contribution is -2.63. The van der Waals surface area contributed by atoms with Gasteiger partial charge in [0, 0.05) is 31.6 Å². The molecule has 18 heteroatoms. The van der Waals surface area contributed by atoms with Crippen molar-refractivity contribution >= 4 is 34.5 Å². The number of ether oxygens (including phenoxy) is 4. The third kappa shape index (κ3) is 7.86. The van der Waals surface area contributed by atoms with Gasteiger partial charge in [0.25, 0.3) is 16.6 Å². The molecule has 4 unspecified atom stereocenters. The largest absolute Gasteiger partial charge is 0.464 e. The fourth-order valence-electron chi connectivity index (χ4n) is 10.5. The summed E-state index contributed by atoms with van der Waals surface area (Å²) in [4.78, 5) is 48.7. The predicted octanol–water partition coefficient (Wildman–Crippen LogP) is 5.98. The van der Waals surface area contributed by atoms with Crippen molar-refractivity contribution in [1.29, 1.82) is 0 Å². The minimum Gasteiger partial charge on any atom is -0.464 e. The van der Waals surface area contributed by atoms with Crippen LogP contribution in [0, 0.1) is 46.3 Å². The molecule has 0 radical (unpaired) electrons. The number of carbonyl (C=O) groups is 4. The highest BCUT2D eigenvalue weighted by Gasteiger charge is 2.76. The summed E-state index contributed by atoms with van der Waals surface area (Å²) >= 11 is 0. The van der Waals surface area contributed by atoms with Crippen LogP contribution in [0.25, 0.3) is 0 Å². The number of hydrogen-bond acceptors (Lipinski definition) is 10. The summed E-state index contributed by atoms with van der Waals surface area (Å²) in [5, 5.41) is 0. The molecule has 11 nitrogen and oxygen atoms in total. The highest BCUT2D eigenvalue weighted by Crippen LogP contribution is 2.69. The van der Waals surface area contributed by atoms with Crippen LogP contribution in [0.15, 0.2) is 0 Å². The van der Waals surface area contributed by atoms with E-state index in [9.17, 15) is 53.9 Å². The number of carbonyl (C=O) groups excluding carboxylic acids is 4. The molecule has 0 saturated heterocycles. The van der Waals surface area contributed by atoms with Gasteiger partial charge in [-0.2, -0.15) is 34.8 Å². The average Bonchev–Trinajstić information content (AvgIpc) is 3.32. The average molecular weight is 765 g/mol. The summed E-state index contributed by atoms with van der Waals surface area (Å²) in [7, 11) is -5.92. The van der Waals surface area contributed by atoms with E-state index in [1.807, 2.05) is 6.92 Å². The Labute approximate surface area is 292 Å². The lowest BCUT2D eigenvalue weighted by Gasteiger charge is -2.64. The predicted molar refractivity (Wildman–Crippen MR) is 164 cm³/mol. The van der Waals surface area contributed by atoms with E-state index < -0.39 is 75.7 Å². The van der Waals surface area contributed by atoms with Gasteiger partial charge >= 0.3 is 35.9 Å². The third-order valence-electron chi connectivity index (χ3n) is 12.7. The standard InChI is InChI=1S/C33H46F6O11S/c1-17(6-9-27(43)50-31(32(34,35)36,33(37,38)39)15-51(44,45)46)22-7-8-23-28-24(14-26(30(22,23)5)49-19(3)42)29(4)11-10-21(48-18(2)41)12-20(29)13-25(28)47-16-40/h16-17,20-26,28H,6-15H2,1-5H3,(H,44,45,46)/t17-,20?,21?,22-,23+,24+,25?,26?,28+,29+,30-/m1/s1. The molecule has 0 aromatic heterocycles. The van der Waals surface area contributed by atoms with Gasteiger partial charge in [-0.05, 0) is 86.4 Å². The summed E-state index contributed by atoms with van der Waals surface area (Å²) in [5.74, 6) is -7.17. The van der Waals surface area contributed by atoms with Crippen LogP contribution in [-0.2, 0) is 48.2 Å². The van der Waals surface area contributed by atoms with Gasteiger partial charge in [-0.15, -0.1) is 0 Å². The van der Waals surface area contributed by atoms with Gasteiger partial charge in [0.2, 0.25) is 0 Å². The summed E-state index contributed by atoms with van der Waals surface area (Å²) in [6.45, 7) is 8.77. The van der Waals surface area contributed by atoms with E-state index in [1.54, 1.807) is 6.92 Å². The number of halogens is 6. The minimum atomic E-state index is -6.43. The Morgan fingerprint density at radius 1 is 0.922 bits per heavy atom. The number of alkyl halides is 6. The van der Waals surface area contributed by atoms with Gasteiger partial charge in [-0.1, -0.05) is 20.8 Å². The quantitative estimate of drug-likeness (QED) is 0.0867. The molecule has 0 amide bonds. The van der Waals surface area contributed by atoms with Crippen molar-refractivity contribution in [2.75, 3.05) is 5.75 Å². The van der Waals surface area contributed by atoms with E-state index >= 15 is 0 Å². The van der Waals surface area contributed by atoms with E-state index in [-0.39, 0.29) is 53.5 Å². The van der Waals surface area contributed by atoms with Crippen LogP contribution in [0.3, 0.4) is 0 Å². The smallest absolute Gasteiger partial charge is 0.438 e. The van der Waals surface area contributed by atoms with Gasteiger partial charge in [-0.3, -0.25) is 23.7 Å². The first-order chi connectivity index (χ1) is 23.3. The van der Waals surface area contributed by atoms with E-state index in [0.29, 0.717) is 51.4 Å². The Morgan fingerprint density at radius 2 is 1.53 bits per heavy atom. The number of hydrogen-bond donors (Lipinski definition) is 1. The van der Waals surface area contributed by atoms with Gasteiger partial charge in [-0.25, -0.2) is 0 Å². The maximum atomic E-state index is 13.7. The van der Waals surface area contributed by atoms with Gasteiger partial charge < -0.3 is 18.9 Å². The lowest BCUT2D eigenvalue weighted by molar-refractivity contribution is -0.361. The molecule has 0 spiro atoms. The zero-order valence-corrected chi connectivity index (χ0v) is 29.9. The van der Waals surface area contributed by atoms with Crippen LogP contribution in [0.5, 0.6) is 0 Å². The SMILES string of the molecule is CC(=O)OC1CC[C@@]2(C)C(C1)CC(OC=O)[C@H]1[C@@H]3CC[C@H]([C@H](C)CCC(=O)OC(CS(=O)(=O)O)(C(F)(F)F)C(F)(F)F)[C@@]3(C)C(OC(C)=O)C[C@@H]12. The first-order valence-electron chi connectivity index (χ1n) is 17.0. The number of rotatable bonds is 11. The van der Waals surface area contributed by atoms with Gasteiger partial charge in [0.05, 0.1) is 0 Å². The summed E-state index contributed by atoms with van der Waals surface area (Å²) < 4.78 is 135. The van der Waals surface area contributed by atoms with Crippen LogP contribution < -0.4 is 0 Å². The summed E-state index contributed by atoms with van der Waals surface area (Å²) in [6, 6.07) is 0. The molecule has 51 heavy (non-hydrogen) atoms. The molecule has 4 aliphatic carbocycles. The van der Waals surface area contributed by atoms with E-state index in [4.69, 9.17) is 18.8 Å². The first kappa shape index (κ1) is 41.1. The Bertz CT molecular complexity index is 1440. The molecule has 292 valence electrons. The number of fused-ring (bicyclic) bond motifs is 5. The first-order valence-corrected chi connectivity index (χ1v) is 18.7. The second-order valence-corrected chi connectivity index (χ2v) is 16.9. The lowest BCUT2D eigenvalue weighted by atomic mass is 9.43. The van der Waals surface area contributed by atoms with Crippen LogP contribution in [0.1, 0.15) is 92.4 Å². The Morgan fingerprint density at radius 3 is 2.06 bits per heavy atom.